The highest BCUT2D eigenvalue weighted by molar-refractivity contribution is 5.75. The van der Waals surface area contributed by atoms with Crippen LogP contribution in [0.25, 0.3) is 0 Å². The molecule has 0 amide bonds. The van der Waals surface area contributed by atoms with Crippen molar-refractivity contribution in [3.05, 3.63) is 0 Å². The second-order valence-corrected chi connectivity index (χ2v) is 6.73. The summed E-state index contributed by atoms with van der Waals surface area (Å²) in [7, 11) is 0. The van der Waals surface area contributed by atoms with Crippen molar-refractivity contribution in [2.24, 2.45) is 23.7 Å². The van der Waals surface area contributed by atoms with Crippen LogP contribution in [-0.2, 0) is 0 Å². The highest BCUT2D eigenvalue weighted by Crippen LogP contribution is 2.27. The number of rotatable bonds is 0. The summed E-state index contributed by atoms with van der Waals surface area (Å²) in [6, 6.07) is 0. The van der Waals surface area contributed by atoms with E-state index < -0.39 is 0 Å². The fourth-order valence-electron chi connectivity index (χ4n) is 2.85. The Hall–Kier alpha value is 0.0649. The predicted molar refractivity (Wildman–Crippen MR) is 92.8 cm³/mol. The van der Waals surface area contributed by atoms with Gasteiger partial charge >= 0.3 is 0 Å². The molecule has 115 valence electrons. The highest BCUT2D eigenvalue weighted by atomic mass is 14.2. The van der Waals surface area contributed by atoms with Crippen LogP contribution in [0.15, 0.2) is 0 Å². The maximum atomic E-state index is 2.37. The van der Waals surface area contributed by atoms with Gasteiger partial charge in [0.05, 0.1) is 0 Å². The van der Waals surface area contributed by atoms with Gasteiger partial charge in [-0.25, -0.2) is 0 Å². The average Bonchev–Trinajstić information content (AvgIpc) is 2.28. The van der Waals surface area contributed by atoms with Crippen LogP contribution in [0.1, 0.15) is 93.9 Å². The smallest absolute Gasteiger partial charge is 0 e. The van der Waals surface area contributed by atoms with Gasteiger partial charge in [0, 0.05) is 8.41 Å². The minimum Gasteiger partial charge on any atom is -0.0776 e. The van der Waals surface area contributed by atoms with Crippen molar-refractivity contribution >= 4 is 8.41 Å². The van der Waals surface area contributed by atoms with Crippen LogP contribution in [0.4, 0.5) is 0 Å². The van der Waals surface area contributed by atoms with Crippen LogP contribution in [-0.4, -0.2) is 8.41 Å². The lowest BCUT2D eigenvalue weighted by Gasteiger charge is -2.22. The van der Waals surface area contributed by atoms with Gasteiger partial charge < -0.3 is 0 Å². The van der Waals surface area contributed by atoms with Gasteiger partial charge in [0.1, 0.15) is 0 Å². The van der Waals surface area contributed by atoms with Crippen LogP contribution in [0.2, 0.25) is 0 Å². The van der Waals surface area contributed by atoms with Crippen LogP contribution in [0, 0.1) is 23.7 Å². The minimum atomic E-state index is 0. The van der Waals surface area contributed by atoms with Crippen LogP contribution >= 0.6 is 0 Å². The second-order valence-electron chi connectivity index (χ2n) is 6.73. The molecule has 2 saturated carbocycles. The first-order chi connectivity index (χ1) is 7.58. The molecule has 19 heavy (non-hydrogen) atoms. The first-order valence-corrected chi connectivity index (χ1v) is 7.58. The minimum absolute atomic E-state index is 0. The molecule has 1 heteroatoms. The maximum absolute atomic E-state index is 2.37. The van der Waals surface area contributed by atoms with Gasteiger partial charge in [0.2, 0.25) is 0 Å². The van der Waals surface area contributed by atoms with Gasteiger partial charge in [-0.3, -0.25) is 0 Å². The average molecular weight is 267 g/mol. The van der Waals surface area contributed by atoms with Crippen molar-refractivity contribution in [1.82, 2.24) is 0 Å². The Morgan fingerprint density at radius 2 is 0.526 bits per heavy atom. The van der Waals surface area contributed by atoms with E-state index in [1.807, 2.05) is 0 Å². The summed E-state index contributed by atoms with van der Waals surface area (Å²) in [6.07, 6.45) is 11.8. The Kier molecular flexibility index (Phi) is 16.6. The molecule has 0 saturated heterocycles. The van der Waals surface area contributed by atoms with Crippen molar-refractivity contribution in [3.8, 4) is 0 Å². The standard InChI is InChI=1S/2C8H16.2CH4.B/c2*1-7-3-5-8(2)6-4-7;;;/h2*7-8H,3-6H2,1-2H3;2*1H4;. The summed E-state index contributed by atoms with van der Waals surface area (Å²) in [5.74, 6) is 4.08. The van der Waals surface area contributed by atoms with E-state index in [9.17, 15) is 0 Å². The Bertz CT molecular complexity index is 123. The summed E-state index contributed by atoms with van der Waals surface area (Å²) in [5.41, 5.74) is 0. The van der Waals surface area contributed by atoms with Gasteiger partial charge in [-0.15, -0.1) is 0 Å². The van der Waals surface area contributed by atoms with Gasteiger partial charge in [-0.05, 0) is 23.7 Å². The largest absolute Gasteiger partial charge is 0.0776 e. The Morgan fingerprint density at radius 1 is 0.421 bits per heavy atom. The molecule has 2 aliphatic rings. The molecule has 2 aliphatic carbocycles. The molecule has 2 fully saturated rings. The van der Waals surface area contributed by atoms with Gasteiger partial charge in [0.25, 0.3) is 0 Å². The van der Waals surface area contributed by atoms with E-state index in [1.165, 1.54) is 51.4 Å². The van der Waals surface area contributed by atoms with Crippen LogP contribution in [0.5, 0.6) is 0 Å². The molecule has 0 spiro atoms. The molecule has 0 aromatic heterocycles. The molecular formula is C18H40B. The van der Waals surface area contributed by atoms with E-state index in [0.29, 0.717) is 0 Å². The van der Waals surface area contributed by atoms with Crippen molar-refractivity contribution in [2.75, 3.05) is 0 Å². The molecule has 0 bridgehead atoms. The first kappa shape index (κ1) is 24.1. The highest BCUT2D eigenvalue weighted by Gasteiger charge is 2.13. The van der Waals surface area contributed by atoms with E-state index in [1.54, 1.807) is 0 Å². The van der Waals surface area contributed by atoms with Crippen LogP contribution < -0.4 is 0 Å². The fraction of sp³-hybridized carbons (Fsp3) is 1.00. The van der Waals surface area contributed by atoms with Crippen molar-refractivity contribution < 1.29 is 0 Å². The lowest BCUT2D eigenvalue weighted by Crippen LogP contribution is -2.08. The molecule has 0 aliphatic heterocycles. The zero-order valence-electron chi connectivity index (χ0n) is 12.5. The Morgan fingerprint density at radius 3 is 0.632 bits per heavy atom. The molecule has 0 nitrogen and oxygen atoms in total. The monoisotopic (exact) mass is 267 g/mol. The predicted octanol–water partition coefficient (Wildman–Crippen LogP) is 6.56. The molecule has 0 heterocycles. The first-order valence-electron chi connectivity index (χ1n) is 7.58. The second kappa shape index (κ2) is 13.1. The van der Waals surface area contributed by atoms with Crippen molar-refractivity contribution in [1.29, 1.82) is 0 Å². The van der Waals surface area contributed by atoms with Crippen LogP contribution in [0.3, 0.4) is 0 Å². The lowest BCUT2D eigenvalue weighted by molar-refractivity contribution is 0.308. The third kappa shape index (κ3) is 11.6. The third-order valence-electron chi connectivity index (χ3n) is 4.61. The Labute approximate surface area is 126 Å². The van der Waals surface area contributed by atoms with E-state index in [-0.39, 0.29) is 23.3 Å². The van der Waals surface area contributed by atoms with E-state index in [4.69, 9.17) is 0 Å². The third-order valence-corrected chi connectivity index (χ3v) is 4.61. The lowest BCUT2D eigenvalue weighted by atomic mass is 9.84. The summed E-state index contributed by atoms with van der Waals surface area (Å²) in [6.45, 7) is 9.47. The van der Waals surface area contributed by atoms with Gasteiger partial charge in [-0.2, -0.15) is 0 Å². The fourth-order valence-corrected chi connectivity index (χ4v) is 2.85. The molecular weight excluding hydrogens is 227 g/mol. The topological polar surface area (TPSA) is 0 Å². The van der Waals surface area contributed by atoms with E-state index in [0.717, 1.165) is 23.7 Å². The van der Waals surface area contributed by atoms with Crippen molar-refractivity contribution in [2.45, 2.75) is 93.9 Å². The summed E-state index contributed by atoms with van der Waals surface area (Å²) in [5, 5.41) is 0. The van der Waals surface area contributed by atoms with Gasteiger partial charge in [0.15, 0.2) is 0 Å². The Balaban J connectivity index is -0.000000233. The zero-order chi connectivity index (χ0) is 12.0. The van der Waals surface area contributed by atoms with Gasteiger partial charge in [-0.1, -0.05) is 93.9 Å². The summed E-state index contributed by atoms with van der Waals surface area (Å²) < 4.78 is 0. The van der Waals surface area contributed by atoms with E-state index >= 15 is 0 Å². The molecule has 0 aromatic carbocycles. The SMILES string of the molecule is C.C.CC1CCC(C)CC1.CC1CCC(C)CC1.[B]. The van der Waals surface area contributed by atoms with E-state index in [2.05, 4.69) is 27.7 Å². The zero-order valence-corrected chi connectivity index (χ0v) is 12.5. The number of hydrogen-bond acceptors (Lipinski definition) is 0. The molecule has 0 atom stereocenters. The summed E-state index contributed by atoms with van der Waals surface area (Å²) >= 11 is 0. The molecule has 0 aromatic rings. The summed E-state index contributed by atoms with van der Waals surface area (Å²) in [4.78, 5) is 0. The number of hydrogen-bond donors (Lipinski definition) is 0. The normalized spacial score (nSPS) is 33.5. The molecule has 0 unspecified atom stereocenters. The maximum Gasteiger partial charge on any atom is 0 e. The molecule has 3 radical (unpaired) electrons. The molecule has 2 rings (SSSR count). The van der Waals surface area contributed by atoms with Crippen molar-refractivity contribution in [3.63, 3.8) is 0 Å². The molecule has 0 N–H and O–H groups in total. The quantitative estimate of drug-likeness (QED) is 0.436.